The molecule has 0 saturated heterocycles. The van der Waals surface area contributed by atoms with Gasteiger partial charge >= 0.3 is 0 Å². The number of nitrogens with zero attached hydrogens (tertiary/aromatic N) is 2. The number of hydrogen-bond donors (Lipinski definition) is 1. The summed E-state index contributed by atoms with van der Waals surface area (Å²) in [6, 6.07) is 4.51. The molecule has 2 heterocycles. The number of thioether (sulfide) groups is 1. The van der Waals surface area contributed by atoms with Crippen LogP contribution in [0.2, 0.25) is 0 Å². The molecule has 0 saturated carbocycles. The number of rotatable bonds is 4. The van der Waals surface area contributed by atoms with E-state index in [0.29, 0.717) is 32.3 Å². The van der Waals surface area contributed by atoms with Crippen LogP contribution in [0.1, 0.15) is 23.5 Å². The van der Waals surface area contributed by atoms with Crippen LogP contribution in [-0.4, -0.2) is 21.2 Å². The molecule has 1 aliphatic rings. The Morgan fingerprint density at radius 2 is 2.28 bits per heavy atom. The number of benzene rings is 1. The van der Waals surface area contributed by atoms with Gasteiger partial charge in [0.2, 0.25) is 5.91 Å². The molecule has 25 heavy (non-hydrogen) atoms. The average molecular weight is 424 g/mol. The molecule has 1 atom stereocenters. The van der Waals surface area contributed by atoms with Crippen molar-refractivity contribution in [2.75, 3.05) is 11.1 Å². The van der Waals surface area contributed by atoms with Crippen molar-refractivity contribution < 1.29 is 9.18 Å². The van der Waals surface area contributed by atoms with Gasteiger partial charge in [-0.3, -0.25) is 9.59 Å². The number of nitrogens with one attached hydrogen (secondary N) is 1. The molecular formula is C17H15BrFN3O2S. The van der Waals surface area contributed by atoms with Crippen molar-refractivity contribution in [1.29, 1.82) is 0 Å². The molecule has 8 heteroatoms. The summed E-state index contributed by atoms with van der Waals surface area (Å²) >= 11 is 4.52. The summed E-state index contributed by atoms with van der Waals surface area (Å²) in [4.78, 5) is 29.0. The Morgan fingerprint density at radius 1 is 1.52 bits per heavy atom. The monoisotopic (exact) mass is 423 g/mol. The van der Waals surface area contributed by atoms with Gasteiger partial charge in [-0.15, -0.1) is 6.58 Å². The molecule has 1 aromatic carbocycles. The fourth-order valence-corrected chi connectivity index (χ4v) is 3.91. The van der Waals surface area contributed by atoms with Crippen LogP contribution >= 0.6 is 27.7 Å². The van der Waals surface area contributed by atoms with Crippen molar-refractivity contribution in [3.63, 3.8) is 0 Å². The van der Waals surface area contributed by atoms with Crippen LogP contribution in [-0.2, 0) is 11.8 Å². The Bertz CT molecular complexity index is 929. The molecule has 0 aliphatic carbocycles. The first-order valence-corrected chi connectivity index (χ1v) is 9.29. The van der Waals surface area contributed by atoms with E-state index in [1.165, 1.54) is 17.8 Å². The van der Waals surface area contributed by atoms with E-state index < -0.39 is 11.7 Å². The van der Waals surface area contributed by atoms with Gasteiger partial charge in [0.15, 0.2) is 5.16 Å². The largest absolute Gasteiger partial charge is 0.312 e. The fourth-order valence-electron chi connectivity index (χ4n) is 2.81. The molecule has 1 unspecified atom stereocenters. The number of aromatic nitrogens is 2. The summed E-state index contributed by atoms with van der Waals surface area (Å²) < 4.78 is 15.5. The standard InChI is InChI=1S/C17H15BrFN3O2S/c1-3-6-25-17-21-16(24)14-10(8-13(23)20-15(14)22(17)2)9-4-5-12(19)11(18)7-9/h3-5,7,10H,1,6,8H2,2H3,(H,20,23). The van der Waals surface area contributed by atoms with E-state index in [0.717, 1.165) is 0 Å². The maximum absolute atomic E-state index is 13.5. The lowest BCUT2D eigenvalue weighted by atomic mass is 9.87. The second kappa shape index (κ2) is 7.13. The summed E-state index contributed by atoms with van der Waals surface area (Å²) in [7, 11) is 1.75. The van der Waals surface area contributed by atoms with Crippen LogP contribution in [0.15, 0.2) is 45.3 Å². The molecule has 0 spiro atoms. The SMILES string of the molecule is C=CCSc1nc(=O)c2c(n1C)NC(=O)CC2c1ccc(F)c(Br)c1. The summed E-state index contributed by atoms with van der Waals surface area (Å²) in [5.74, 6) is -0.0229. The predicted molar refractivity (Wildman–Crippen MR) is 99.6 cm³/mol. The molecule has 0 bridgehead atoms. The first kappa shape index (κ1) is 17.9. The van der Waals surface area contributed by atoms with Gasteiger partial charge in [-0.2, -0.15) is 4.98 Å². The highest BCUT2D eigenvalue weighted by atomic mass is 79.9. The summed E-state index contributed by atoms with van der Waals surface area (Å²) in [5.41, 5.74) is 0.725. The Morgan fingerprint density at radius 3 is 2.96 bits per heavy atom. The number of carbonyl (C=O) groups is 1. The third-order valence-electron chi connectivity index (χ3n) is 3.98. The molecule has 1 aliphatic heterocycles. The zero-order valence-corrected chi connectivity index (χ0v) is 15.8. The highest BCUT2D eigenvalue weighted by molar-refractivity contribution is 9.10. The number of carbonyl (C=O) groups excluding carboxylic acids is 1. The third-order valence-corrected chi connectivity index (χ3v) is 5.61. The Labute approximate surface area is 156 Å². The van der Waals surface area contributed by atoms with Crippen LogP contribution in [0.5, 0.6) is 0 Å². The molecule has 1 aromatic heterocycles. The van der Waals surface area contributed by atoms with E-state index >= 15 is 0 Å². The normalized spacial score (nSPS) is 16.3. The van der Waals surface area contributed by atoms with Crippen LogP contribution < -0.4 is 10.9 Å². The van der Waals surface area contributed by atoms with Crippen molar-refractivity contribution in [1.82, 2.24) is 9.55 Å². The minimum atomic E-state index is -0.467. The summed E-state index contributed by atoms with van der Waals surface area (Å²) in [6.45, 7) is 3.65. The number of hydrogen-bond acceptors (Lipinski definition) is 4. The molecule has 5 nitrogen and oxygen atoms in total. The van der Waals surface area contributed by atoms with Crippen LogP contribution in [0, 0.1) is 5.82 Å². The van der Waals surface area contributed by atoms with Gasteiger partial charge in [0, 0.05) is 25.1 Å². The molecule has 3 rings (SSSR count). The zero-order chi connectivity index (χ0) is 18.1. The summed E-state index contributed by atoms with van der Waals surface area (Å²) in [6.07, 6.45) is 1.83. The number of halogens is 2. The maximum atomic E-state index is 13.5. The lowest BCUT2D eigenvalue weighted by molar-refractivity contribution is -0.116. The predicted octanol–water partition coefficient (Wildman–Crippen LogP) is 3.43. The molecule has 130 valence electrons. The Balaban J connectivity index is 2.16. The number of anilines is 1. The molecule has 2 aromatic rings. The van der Waals surface area contributed by atoms with Gasteiger partial charge in [0.1, 0.15) is 11.6 Å². The second-order valence-corrected chi connectivity index (χ2v) is 7.44. The zero-order valence-electron chi connectivity index (χ0n) is 13.4. The Hall–Kier alpha value is -1.93. The van der Waals surface area contributed by atoms with Crippen molar-refractivity contribution in [3.8, 4) is 0 Å². The van der Waals surface area contributed by atoms with E-state index in [2.05, 4.69) is 32.8 Å². The van der Waals surface area contributed by atoms with Crippen LogP contribution in [0.4, 0.5) is 10.2 Å². The Kier molecular flexibility index (Phi) is 5.10. The van der Waals surface area contributed by atoms with Crippen LogP contribution in [0.25, 0.3) is 0 Å². The van der Waals surface area contributed by atoms with E-state index in [-0.39, 0.29) is 17.9 Å². The molecule has 1 N–H and O–H groups in total. The number of fused-ring (bicyclic) bond motifs is 1. The van der Waals surface area contributed by atoms with Gasteiger partial charge in [0.05, 0.1) is 10.0 Å². The topological polar surface area (TPSA) is 64.0 Å². The highest BCUT2D eigenvalue weighted by Gasteiger charge is 2.32. The molecule has 0 fully saturated rings. The van der Waals surface area contributed by atoms with E-state index in [9.17, 15) is 14.0 Å². The average Bonchev–Trinajstić information content (AvgIpc) is 2.58. The van der Waals surface area contributed by atoms with Gasteiger partial charge in [-0.05, 0) is 33.6 Å². The summed E-state index contributed by atoms with van der Waals surface area (Å²) in [5, 5.41) is 3.28. The quantitative estimate of drug-likeness (QED) is 0.464. The fraction of sp³-hybridized carbons (Fsp3) is 0.235. The van der Waals surface area contributed by atoms with Crippen molar-refractivity contribution >= 4 is 39.4 Å². The van der Waals surface area contributed by atoms with Gasteiger partial charge in [-0.1, -0.05) is 23.9 Å². The van der Waals surface area contributed by atoms with Crippen LogP contribution in [0.3, 0.4) is 0 Å². The first-order valence-electron chi connectivity index (χ1n) is 7.51. The third kappa shape index (κ3) is 3.41. The van der Waals surface area contributed by atoms with Crippen molar-refractivity contribution in [2.45, 2.75) is 17.5 Å². The minimum absolute atomic E-state index is 0.112. The van der Waals surface area contributed by atoms with E-state index in [1.807, 2.05) is 0 Å². The van der Waals surface area contributed by atoms with E-state index in [4.69, 9.17) is 0 Å². The highest BCUT2D eigenvalue weighted by Crippen LogP contribution is 2.36. The smallest absolute Gasteiger partial charge is 0.279 e. The minimum Gasteiger partial charge on any atom is -0.312 e. The molecular weight excluding hydrogens is 409 g/mol. The number of amides is 1. The maximum Gasteiger partial charge on any atom is 0.279 e. The molecule has 0 radical (unpaired) electrons. The van der Waals surface area contributed by atoms with E-state index in [1.54, 1.807) is 29.8 Å². The second-order valence-electron chi connectivity index (χ2n) is 5.60. The van der Waals surface area contributed by atoms with Gasteiger partial charge in [-0.25, -0.2) is 4.39 Å². The molecule has 1 amide bonds. The van der Waals surface area contributed by atoms with Crippen molar-refractivity contribution in [2.24, 2.45) is 7.05 Å². The van der Waals surface area contributed by atoms with Gasteiger partial charge < -0.3 is 9.88 Å². The van der Waals surface area contributed by atoms with Gasteiger partial charge in [0.25, 0.3) is 5.56 Å². The lowest BCUT2D eigenvalue weighted by Crippen LogP contribution is -2.33. The van der Waals surface area contributed by atoms with Crippen molar-refractivity contribution in [3.05, 3.63) is 62.6 Å². The first-order chi connectivity index (χ1) is 11.9. The lowest BCUT2D eigenvalue weighted by Gasteiger charge is -2.27.